The van der Waals surface area contributed by atoms with E-state index >= 15 is 0 Å². The van der Waals surface area contributed by atoms with Gasteiger partial charge in [-0.15, -0.1) is 0 Å². The molecule has 0 aliphatic heterocycles. The number of hydrogen-bond donors (Lipinski definition) is 2. The Kier molecular flexibility index (Phi) is 5.56. The Morgan fingerprint density at radius 1 is 1.35 bits per heavy atom. The molecule has 2 N–H and O–H groups in total. The molecular weight excluding hydrogens is 434 g/mol. The molecule has 0 bridgehead atoms. The van der Waals surface area contributed by atoms with Crippen LogP contribution in [0.5, 0.6) is 11.5 Å². The van der Waals surface area contributed by atoms with Gasteiger partial charge in [-0.2, -0.15) is 5.10 Å². The third kappa shape index (κ3) is 3.99. The standard InChI is InChI=1S/C14H11Br2N3O4/c1-23-12-6-11(15)13(16)10(14(12)20)7-17-18-8-2-4-9(5-3-8)19(21)22/h2-7,18,20H,1H3/b17-7+. The van der Waals surface area contributed by atoms with E-state index in [0.717, 1.165) is 0 Å². The fourth-order valence-electron chi connectivity index (χ4n) is 1.71. The smallest absolute Gasteiger partial charge is 0.269 e. The first-order chi connectivity index (χ1) is 10.9. The lowest BCUT2D eigenvalue weighted by atomic mass is 10.2. The molecule has 0 atom stereocenters. The summed E-state index contributed by atoms with van der Waals surface area (Å²) < 4.78 is 6.39. The van der Waals surface area contributed by atoms with E-state index in [1.807, 2.05) is 0 Å². The molecule has 0 aliphatic carbocycles. The second-order valence-electron chi connectivity index (χ2n) is 4.31. The van der Waals surface area contributed by atoms with E-state index in [1.54, 1.807) is 6.07 Å². The van der Waals surface area contributed by atoms with Crippen LogP contribution in [0.4, 0.5) is 11.4 Å². The molecule has 0 amide bonds. The van der Waals surface area contributed by atoms with Gasteiger partial charge in [0.25, 0.3) is 5.69 Å². The summed E-state index contributed by atoms with van der Waals surface area (Å²) in [5, 5.41) is 24.7. The molecule has 2 aromatic carbocycles. The molecule has 0 unspecified atom stereocenters. The lowest BCUT2D eigenvalue weighted by molar-refractivity contribution is -0.384. The molecule has 0 saturated carbocycles. The third-order valence-corrected chi connectivity index (χ3v) is 4.89. The molecule has 0 heterocycles. The lowest BCUT2D eigenvalue weighted by Crippen LogP contribution is -1.95. The third-order valence-electron chi connectivity index (χ3n) is 2.88. The minimum Gasteiger partial charge on any atom is -0.504 e. The molecule has 9 heteroatoms. The van der Waals surface area contributed by atoms with E-state index < -0.39 is 4.92 Å². The molecule has 120 valence electrons. The first-order valence-electron chi connectivity index (χ1n) is 6.22. The highest BCUT2D eigenvalue weighted by Gasteiger charge is 2.14. The number of hydrazone groups is 1. The van der Waals surface area contributed by atoms with Crippen molar-refractivity contribution >= 4 is 49.4 Å². The van der Waals surface area contributed by atoms with Gasteiger partial charge >= 0.3 is 0 Å². The monoisotopic (exact) mass is 443 g/mol. The number of benzene rings is 2. The number of ether oxygens (including phenoxy) is 1. The number of nitrogens with zero attached hydrogens (tertiary/aromatic N) is 2. The van der Waals surface area contributed by atoms with Gasteiger partial charge in [-0.3, -0.25) is 15.5 Å². The number of non-ortho nitro benzene ring substituents is 1. The van der Waals surface area contributed by atoms with Crippen LogP contribution in [0.1, 0.15) is 5.56 Å². The molecule has 0 fully saturated rings. The van der Waals surface area contributed by atoms with Gasteiger partial charge in [0.05, 0.1) is 29.5 Å². The minimum absolute atomic E-state index is 0.00311. The van der Waals surface area contributed by atoms with Crippen LogP contribution in [0.25, 0.3) is 0 Å². The summed E-state index contributed by atoms with van der Waals surface area (Å²) in [5.74, 6) is 0.244. The van der Waals surface area contributed by atoms with Crippen molar-refractivity contribution < 1.29 is 14.8 Å². The first-order valence-corrected chi connectivity index (χ1v) is 7.81. The summed E-state index contributed by atoms with van der Waals surface area (Å²) in [4.78, 5) is 10.1. The van der Waals surface area contributed by atoms with Crippen molar-refractivity contribution in [2.75, 3.05) is 12.5 Å². The molecule has 0 aliphatic rings. The van der Waals surface area contributed by atoms with Gasteiger partial charge in [0.15, 0.2) is 11.5 Å². The van der Waals surface area contributed by atoms with Crippen molar-refractivity contribution in [3.05, 3.63) is 55.0 Å². The number of phenols is 1. The van der Waals surface area contributed by atoms with Gasteiger partial charge in [0.2, 0.25) is 0 Å². The van der Waals surface area contributed by atoms with Crippen LogP contribution >= 0.6 is 31.9 Å². The predicted molar refractivity (Wildman–Crippen MR) is 94.4 cm³/mol. The summed E-state index contributed by atoms with van der Waals surface area (Å²) >= 11 is 6.70. The Morgan fingerprint density at radius 3 is 2.57 bits per heavy atom. The zero-order chi connectivity index (χ0) is 17.0. The Labute approximate surface area is 148 Å². The van der Waals surface area contributed by atoms with Gasteiger partial charge < -0.3 is 9.84 Å². The molecule has 2 rings (SSSR count). The van der Waals surface area contributed by atoms with Gasteiger partial charge in [-0.05, 0) is 50.1 Å². The molecular formula is C14H11Br2N3O4. The maximum atomic E-state index is 10.6. The average molecular weight is 445 g/mol. The van der Waals surface area contributed by atoms with Crippen LogP contribution in [-0.2, 0) is 0 Å². The number of nitro benzene ring substituents is 1. The van der Waals surface area contributed by atoms with E-state index in [2.05, 4.69) is 42.4 Å². The second kappa shape index (κ2) is 7.42. The zero-order valence-corrected chi connectivity index (χ0v) is 15.0. The number of nitrogens with one attached hydrogen (secondary N) is 1. The van der Waals surface area contributed by atoms with Crippen molar-refractivity contribution in [2.24, 2.45) is 5.10 Å². The Bertz CT molecular complexity index is 764. The fraction of sp³-hybridized carbons (Fsp3) is 0.0714. The lowest BCUT2D eigenvalue weighted by Gasteiger charge is -2.09. The summed E-state index contributed by atoms with van der Waals surface area (Å²) in [7, 11) is 1.45. The number of phenolic OH excluding ortho intramolecular Hbond substituents is 1. The number of methoxy groups -OCH3 is 1. The molecule has 0 radical (unpaired) electrons. The number of aromatic hydroxyl groups is 1. The highest BCUT2D eigenvalue weighted by Crippen LogP contribution is 2.39. The highest BCUT2D eigenvalue weighted by atomic mass is 79.9. The Balaban J connectivity index is 2.20. The normalized spacial score (nSPS) is 10.7. The summed E-state index contributed by atoms with van der Waals surface area (Å²) in [5.41, 5.74) is 3.72. The number of hydrogen-bond acceptors (Lipinski definition) is 6. The Hall–Kier alpha value is -2.13. The van der Waals surface area contributed by atoms with E-state index in [9.17, 15) is 15.2 Å². The zero-order valence-electron chi connectivity index (χ0n) is 11.8. The second-order valence-corrected chi connectivity index (χ2v) is 5.96. The van der Waals surface area contributed by atoms with Gasteiger partial charge in [0.1, 0.15) is 0 Å². The van der Waals surface area contributed by atoms with Crippen LogP contribution in [0.15, 0.2) is 44.4 Å². The summed E-state index contributed by atoms with van der Waals surface area (Å²) in [6, 6.07) is 7.43. The Morgan fingerprint density at radius 2 is 2.00 bits per heavy atom. The maximum absolute atomic E-state index is 10.6. The quantitative estimate of drug-likeness (QED) is 0.407. The van der Waals surface area contributed by atoms with Gasteiger partial charge in [-0.1, -0.05) is 0 Å². The summed E-state index contributed by atoms with van der Waals surface area (Å²) in [6.07, 6.45) is 1.41. The van der Waals surface area contributed by atoms with E-state index in [-0.39, 0.29) is 11.4 Å². The van der Waals surface area contributed by atoms with Crippen LogP contribution in [0.2, 0.25) is 0 Å². The molecule has 0 saturated heterocycles. The molecule has 7 nitrogen and oxygen atoms in total. The van der Waals surface area contributed by atoms with Crippen molar-refractivity contribution in [3.8, 4) is 11.5 Å². The molecule has 0 spiro atoms. The maximum Gasteiger partial charge on any atom is 0.269 e. The molecule has 23 heavy (non-hydrogen) atoms. The number of halogens is 2. The van der Waals surface area contributed by atoms with Crippen molar-refractivity contribution in [1.29, 1.82) is 0 Å². The average Bonchev–Trinajstić information content (AvgIpc) is 2.54. The fourth-order valence-corrected chi connectivity index (χ4v) is 2.54. The highest BCUT2D eigenvalue weighted by molar-refractivity contribution is 9.13. The molecule has 0 aromatic heterocycles. The van der Waals surface area contributed by atoms with Crippen LogP contribution in [-0.4, -0.2) is 23.4 Å². The van der Waals surface area contributed by atoms with Crippen LogP contribution < -0.4 is 10.2 Å². The van der Waals surface area contributed by atoms with Gasteiger partial charge in [-0.25, -0.2) is 0 Å². The van der Waals surface area contributed by atoms with E-state index in [1.165, 1.54) is 37.6 Å². The van der Waals surface area contributed by atoms with Gasteiger partial charge in [0, 0.05) is 21.1 Å². The minimum atomic E-state index is -0.476. The largest absolute Gasteiger partial charge is 0.504 e. The van der Waals surface area contributed by atoms with Crippen molar-refractivity contribution in [1.82, 2.24) is 0 Å². The SMILES string of the molecule is COc1cc(Br)c(Br)c(/C=N/Nc2ccc([N+](=O)[O-])cc2)c1O. The first kappa shape index (κ1) is 17.2. The van der Waals surface area contributed by atoms with Crippen molar-refractivity contribution in [3.63, 3.8) is 0 Å². The topological polar surface area (TPSA) is 97.0 Å². The van der Waals surface area contributed by atoms with Crippen LogP contribution in [0, 0.1) is 10.1 Å². The van der Waals surface area contributed by atoms with E-state index in [0.29, 0.717) is 25.9 Å². The number of anilines is 1. The number of rotatable bonds is 5. The van der Waals surface area contributed by atoms with Crippen LogP contribution in [0.3, 0.4) is 0 Å². The summed E-state index contributed by atoms with van der Waals surface area (Å²) in [6.45, 7) is 0. The van der Waals surface area contributed by atoms with Crippen molar-refractivity contribution in [2.45, 2.75) is 0 Å². The number of nitro groups is 1. The predicted octanol–water partition coefficient (Wildman–Crippen LogP) is 4.28. The molecule has 2 aromatic rings. The van der Waals surface area contributed by atoms with E-state index in [4.69, 9.17) is 4.74 Å².